The predicted octanol–water partition coefficient (Wildman–Crippen LogP) is 4.24. The molecule has 0 spiro atoms. The molecule has 20 heavy (non-hydrogen) atoms. The second-order valence-electron chi connectivity index (χ2n) is 4.85. The topological polar surface area (TPSA) is 24.9 Å². The van der Waals surface area contributed by atoms with Gasteiger partial charge in [0.05, 0.1) is 11.7 Å². The Balaban J connectivity index is 2.35. The fourth-order valence-corrected chi connectivity index (χ4v) is 3.34. The largest absolute Gasteiger partial charge is 0.304 e. The summed E-state index contributed by atoms with van der Waals surface area (Å²) < 4.78 is 13.5. The number of halogens is 1. The lowest BCUT2D eigenvalue weighted by Crippen LogP contribution is -2.23. The molecule has 0 amide bonds. The molecule has 0 aliphatic heterocycles. The second-order valence-corrected chi connectivity index (χ2v) is 6.09. The van der Waals surface area contributed by atoms with Gasteiger partial charge < -0.3 is 5.32 Å². The minimum absolute atomic E-state index is 0.0188. The van der Waals surface area contributed by atoms with Gasteiger partial charge in [-0.25, -0.2) is 9.37 Å². The van der Waals surface area contributed by atoms with E-state index in [4.69, 9.17) is 4.98 Å². The van der Waals surface area contributed by atoms with Crippen LogP contribution in [0.15, 0.2) is 24.3 Å². The highest BCUT2D eigenvalue weighted by atomic mass is 32.1. The molecule has 1 heterocycles. The zero-order chi connectivity index (χ0) is 14.5. The van der Waals surface area contributed by atoms with E-state index in [0.717, 1.165) is 35.7 Å². The highest BCUT2D eigenvalue weighted by molar-refractivity contribution is 7.11. The van der Waals surface area contributed by atoms with Crippen molar-refractivity contribution in [3.8, 4) is 0 Å². The maximum absolute atomic E-state index is 13.5. The van der Waals surface area contributed by atoms with Crippen molar-refractivity contribution in [2.75, 3.05) is 6.54 Å². The van der Waals surface area contributed by atoms with Crippen LogP contribution in [0.2, 0.25) is 0 Å². The van der Waals surface area contributed by atoms with Crippen LogP contribution in [0, 0.1) is 12.7 Å². The van der Waals surface area contributed by atoms with Gasteiger partial charge in [-0.1, -0.05) is 26.0 Å². The highest BCUT2D eigenvalue weighted by Crippen LogP contribution is 2.28. The Morgan fingerprint density at radius 1 is 1.35 bits per heavy atom. The fourth-order valence-electron chi connectivity index (χ4n) is 2.22. The molecule has 0 aliphatic carbocycles. The number of hydrogen-bond donors (Lipinski definition) is 1. The number of aryl methyl sites for hydroxylation is 2. The first kappa shape index (κ1) is 15.1. The molecule has 108 valence electrons. The molecule has 0 fully saturated rings. The smallest absolute Gasteiger partial charge is 0.123 e. The van der Waals surface area contributed by atoms with Gasteiger partial charge in [0.25, 0.3) is 0 Å². The zero-order valence-corrected chi connectivity index (χ0v) is 13.1. The van der Waals surface area contributed by atoms with Gasteiger partial charge in [-0.15, -0.1) is 11.3 Å². The monoisotopic (exact) mass is 292 g/mol. The van der Waals surface area contributed by atoms with Crippen LogP contribution in [-0.2, 0) is 6.42 Å². The SMILES string of the molecule is CCCNC(c1cccc(F)c1)c1nc(CC)c(C)s1. The van der Waals surface area contributed by atoms with Crippen LogP contribution < -0.4 is 5.32 Å². The summed E-state index contributed by atoms with van der Waals surface area (Å²) in [5.41, 5.74) is 2.08. The summed E-state index contributed by atoms with van der Waals surface area (Å²) in [6.07, 6.45) is 1.97. The van der Waals surface area contributed by atoms with Crippen molar-refractivity contribution in [2.24, 2.45) is 0 Å². The number of benzene rings is 1. The third-order valence-corrected chi connectivity index (χ3v) is 4.35. The van der Waals surface area contributed by atoms with E-state index in [2.05, 4.69) is 26.1 Å². The van der Waals surface area contributed by atoms with Gasteiger partial charge in [0.15, 0.2) is 0 Å². The van der Waals surface area contributed by atoms with Gasteiger partial charge in [-0.2, -0.15) is 0 Å². The lowest BCUT2D eigenvalue weighted by molar-refractivity contribution is 0.582. The number of nitrogens with one attached hydrogen (secondary N) is 1. The van der Waals surface area contributed by atoms with Crippen molar-refractivity contribution in [3.05, 3.63) is 51.2 Å². The molecule has 1 aromatic carbocycles. The van der Waals surface area contributed by atoms with Crippen LogP contribution in [0.5, 0.6) is 0 Å². The molecule has 0 saturated heterocycles. The number of rotatable bonds is 6. The molecule has 1 unspecified atom stereocenters. The first-order chi connectivity index (χ1) is 9.65. The molecule has 0 radical (unpaired) electrons. The van der Waals surface area contributed by atoms with E-state index in [1.54, 1.807) is 23.5 Å². The lowest BCUT2D eigenvalue weighted by Gasteiger charge is -2.16. The van der Waals surface area contributed by atoms with Crippen LogP contribution in [0.3, 0.4) is 0 Å². The molecule has 1 aromatic heterocycles. The standard InChI is InChI=1S/C16H21FN2S/c1-4-9-18-15(12-7-6-8-13(17)10-12)16-19-14(5-2)11(3)20-16/h6-8,10,15,18H,4-5,9H2,1-3H3. The maximum atomic E-state index is 13.5. The summed E-state index contributed by atoms with van der Waals surface area (Å²) in [4.78, 5) is 5.97. The Kier molecular flexibility index (Phi) is 5.26. The van der Waals surface area contributed by atoms with Crippen molar-refractivity contribution in [3.63, 3.8) is 0 Å². The van der Waals surface area contributed by atoms with Crippen molar-refractivity contribution < 1.29 is 4.39 Å². The van der Waals surface area contributed by atoms with E-state index >= 15 is 0 Å². The fraction of sp³-hybridized carbons (Fsp3) is 0.438. The summed E-state index contributed by atoms with van der Waals surface area (Å²) in [7, 11) is 0. The molecule has 0 bridgehead atoms. The van der Waals surface area contributed by atoms with Crippen LogP contribution in [-0.4, -0.2) is 11.5 Å². The summed E-state index contributed by atoms with van der Waals surface area (Å²) in [6.45, 7) is 7.23. The lowest BCUT2D eigenvalue weighted by atomic mass is 10.1. The van der Waals surface area contributed by atoms with E-state index in [1.165, 1.54) is 10.9 Å². The quantitative estimate of drug-likeness (QED) is 0.861. The van der Waals surface area contributed by atoms with Crippen molar-refractivity contribution in [1.82, 2.24) is 10.3 Å². The Labute approximate surface area is 124 Å². The molecule has 0 aliphatic rings. The van der Waals surface area contributed by atoms with Gasteiger partial charge in [0.1, 0.15) is 10.8 Å². The van der Waals surface area contributed by atoms with E-state index < -0.39 is 0 Å². The maximum Gasteiger partial charge on any atom is 0.123 e. The van der Waals surface area contributed by atoms with Gasteiger partial charge in [0.2, 0.25) is 0 Å². The first-order valence-corrected chi connectivity index (χ1v) is 7.92. The summed E-state index contributed by atoms with van der Waals surface area (Å²) >= 11 is 1.70. The minimum Gasteiger partial charge on any atom is -0.304 e. The Hall–Kier alpha value is -1.26. The van der Waals surface area contributed by atoms with Gasteiger partial charge in [0, 0.05) is 4.88 Å². The average Bonchev–Trinajstić information content (AvgIpc) is 2.80. The number of nitrogens with zero attached hydrogens (tertiary/aromatic N) is 1. The second kappa shape index (κ2) is 6.95. The van der Waals surface area contributed by atoms with E-state index in [-0.39, 0.29) is 11.9 Å². The minimum atomic E-state index is -0.199. The number of thiazole rings is 1. The molecule has 2 aromatic rings. The number of hydrogen-bond acceptors (Lipinski definition) is 3. The highest BCUT2D eigenvalue weighted by Gasteiger charge is 2.19. The van der Waals surface area contributed by atoms with Crippen LogP contribution in [0.1, 0.15) is 47.5 Å². The first-order valence-electron chi connectivity index (χ1n) is 7.10. The van der Waals surface area contributed by atoms with E-state index in [1.807, 2.05) is 6.07 Å². The number of aromatic nitrogens is 1. The molecular formula is C16H21FN2S. The Morgan fingerprint density at radius 3 is 2.75 bits per heavy atom. The predicted molar refractivity (Wildman–Crippen MR) is 82.8 cm³/mol. The van der Waals surface area contributed by atoms with E-state index in [0.29, 0.717) is 0 Å². The van der Waals surface area contributed by atoms with Crippen molar-refractivity contribution >= 4 is 11.3 Å². The summed E-state index contributed by atoms with van der Waals surface area (Å²) in [6, 6.07) is 6.76. The molecule has 1 N–H and O–H groups in total. The van der Waals surface area contributed by atoms with Crippen molar-refractivity contribution in [1.29, 1.82) is 0 Å². The Bertz CT molecular complexity index is 565. The summed E-state index contributed by atoms with van der Waals surface area (Å²) in [5, 5.41) is 4.50. The van der Waals surface area contributed by atoms with Crippen LogP contribution in [0.25, 0.3) is 0 Å². The van der Waals surface area contributed by atoms with Crippen LogP contribution in [0.4, 0.5) is 4.39 Å². The molecule has 2 rings (SSSR count). The molecule has 2 nitrogen and oxygen atoms in total. The van der Waals surface area contributed by atoms with Crippen LogP contribution >= 0.6 is 11.3 Å². The van der Waals surface area contributed by atoms with Gasteiger partial charge in [-0.3, -0.25) is 0 Å². The molecular weight excluding hydrogens is 271 g/mol. The van der Waals surface area contributed by atoms with Gasteiger partial charge in [-0.05, 0) is 44.0 Å². The molecule has 0 saturated carbocycles. The summed E-state index contributed by atoms with van der Waals surface area (Å²) in [5.74, 6) is -0.199. The van der Waals surface area contributed by atoms with Gasteiger partial charge >= 0.3 is 0 Å². The van der Waals surface area contributed by atoms with E-state index in [9.17, 15) is 4.39 Å². The Morgan fingerprint density at radius 2 is 2.15 bits per heavy atom. The zero-order valence-electron chi connectivity index (χ0n) is 12.2. The normalized spacial score (nSPS) is 12.6. The third kappa shape index (κ3) is 3.44. The third-order valence-electron chi connectivity index (χ3n) is 3.27. The molecule has 4 heteroatoms. The molecule has 1 atom stereocenters. The van der Waals surface area contributed by atoms with Crippen molar-refractivity contribution in [2.45, 2.75) is 39.7 Å². The average molecular weight is 292 g/mol.